The topological polar surface area (TPSA) is 17.1 Å². The molecule has 0 N–H and O–H groups in total. The molecular formula is C12H15IO. The molecule has 0 aliphatic heterocycles. The molecule has 1 atom stereocenters. The molecule has 1 nitrogen and oxygen atoms in total. The molecule has 0 saturated heterocycles. The van der Waals surface area contributed by atoms with Gasteiger partial charge < -0.3 is 0 Å². The average molecular weight is 302 g/mol. The van der Waals surface area contributed by atoms with Crippen LogP contribution < -0.4 is 0 Å². The molecule has 0 aromatic rings. The Balaban J connectivity index is 1.82. The number of hydrogen-bond acceptors (Lipinski definition) is 1. The lowest BCUT2D eigenvalue weighted by Crippen LogP contribution is -2.06. The second-order valence-corrected chi connectivity index (χ2v) is 5.47. The Kier molecular flexibility index (Phi) is 3.42. The summed E-state index contributed by atoms with van der Waals surface area (Å²) in [6.07, 6.45) is 11.9. The van der Waals surface area contributed by atoms with E-state index in [1.165, 1.54) is 16.4 Å². The SMILES string of the molecule is O=C1C=CC(C/C=C(\I)C2CC2)CC1. The largest absolute Gasteiger partial charge is 0.295 e. The predicted molar refractivity (Wildman–Crippen MR) is 66.3 cm³/mol. The van der Waals surface area contributed by atoms with Crippen LogP contribution in [0.25, 0.3) is 0 Å². The highest BCUT2D eigenvalue weighted by atomic mass is 127. The third-order valence-electron chi connectivity index (χ3n) is 2.90. The van der Waals surface area contributed by atoms with E-state index in [4.69, 9.17) is 0 Å². The first-order valence-electron chi connectivity index (χ1n) is 5.32. The van der Waals surface area contributed by atoms with Gasteiger partial charge in [-0.25, -0.2) is 0 Å². The normalized spacial score (nSPS) is 28.2. The van der Waals surface area contributed by atoms with E-state index in [9.17, 15) is 4.79 Å². The van der Waals surface area contributed by atoms with Gasteiger partial charge in [-0.05, 0) is 69.8 Å². The van der Waals surface area contributed by atoms with Crippen LogP contribution >= 0.6 is 22.6 Å². The number of hydrogen-bond donors (Lipinski definition) is 0. The summed E-state index contributed by atoms with van der Waals surface area (Å²) < 4.78 is 1.54. The molecule has 2 aliphatic carbocycles. The lowest BCUT2D eigenvalue weighted by molar-refractivity contribution is -0.115. The van der Waals surface area contributed by atoms with E-state index in [1.807, 2.05) is 0 Å². The fourth-order valence-corrected chi connectivity index (χ4v) is 2.61. The molecule has 0 radical (unpaired) electrons. The van der Waals surface area contributed by atoms with Crippen LogP contribution in [0.3, 0.4) is 0 Å². The number of carbonyl (C=O) groups is 1. The van der Waals surface area contributed by atoms with Gasteiger partial charge in [0.15, 0.2) is 5.78 Å². The molecule has 2 heteroatoms. The molecule has 1 saturated carbocycles. The summed E-state index contributed by atoms with van der Waals surface area (Å²) in [7, 11) is 0. The van der Waals surface area contributed by atoms with Crippen molar-refractivity contribution < 1.29 is 4.79 Å². The molecule has 0 bridgehead atoms. The fourth-order valence-electron chi connectivity index (χ4n) is 1.74. The lowest BCUT2D eigenvalue weighted by atomic mass is 9.92. The molecule has 2 rings (SSSR count). The fraction of sp³-hybridized carbons (Fsp3) is 0.583. The molecule has 0 spiro atoms. The van der Waals surface area contributed by atoms with Crippen LogP contribution in [0, 0.1) is 11.8 Å². The summed E-state index contributed by atoms with van der Waals surface area (Å²) in [5.41, 5.74) is 0. The van der Waals surface area contributed by atoms with Gasteiger partial charge >= 0.3 is 0 Å². The van der Waals surface area contributed by atoms with Crippen molar-refractivity contribution in [2.24, 2.45) is 11.8 Å². The highest BCUT2D eigenvalue weighted by molar-refractivity contribution is 14.1. The molecule has 0 aromatic heterocycles. The third-order valence-corrected chi connectivity index (χ3v) is 4.22. The molecule has 1 fully saturated rings. The average Bonchev–Trinajstić information content (AvgIpc) is 3.00. The van der Waals surface area contributed by atoms with Crippen molar-refractivity contribution in [3.63, 3.8) is 0 Å². The van der Waals surface area contributed by atoms with E-state index in [2.05, 4.69) is 34.7 Å². The Morgan fingerprint density at radius 3 is 2.86 bits per heavy atom. The van der Waals surface area contributed by atoms with Crippen molar-refractivity contribution in [1.29, 1.82) is 0 Å². The van der Waals surface area contributed by atoms with E-state index in [0.29, 0.717) is 11.7 Å². The van der Waals surface area contributed by atoms with Crippen molar-refractivity contribution in [3.8, 4) is 0 Å². The van der Waals surface area contributed by atoms with Gasteiger partial charge in [-0.1, -0.05) is 12.2 Å². The van der Waals surface area contributed by atoms with Crippen LogP contribution in [0.2, 0.25) is 0 Å². The van der Waals surface area contributed by atoms with Crippen molar-refractivity contribution >= 4 is 28.4 Å². The molecule has 1 unspecified atom stereocenters. The van der Waals surface area contributed by atoms with Gasteiger partial charge in [-0.2, -0.15) is 0 Å². The van der Waals surface area contributed by atoms with E-state index < -0.39 is 0 Å². The summed E-state index contributed by atoms with van der Waals surface area (Å²) in [6, 6.07) is 0. The Morgan fingerprint density at radius 2 is 2.29 bits per heavy atom. The van der Waals surface area contributed by atoms with Crippen LogP contribution in [-0.2, 0) is 4.79 Å². The van der Waals surface area contributed by atoms with Crippen molar-refractivity contribution in [2.75, 3.05) is 0 Å². The zero-order chi connectivity index (χ0) is 9.97. The van der Waals surface area contributed by atoms with E-state index in [0.717, 1.165) is 25.2 Å². The highest BCUT2D eigenvalue weighted by Gasteiger charge is 2.24. The van der Waals surface area contributed by atoms with Crippen molar-refractivity contribution in [3.05, 3.63) is 21.8 Å². The summed E-state index contributed by atoms with van der Waals surface area (Å²) in [5.74, 6) is 1.78. The maximum absolute atomic E-state index is 11.0. The van der Waals surface area contributed by atoms with Crippen LogP contribution in [0.4, 0.5) is 0 Å². The number of rotatable bonds is 3. The predicted octanol–water partition coefficient (Wildman–Crippen LogP) is 3.64. The minimum Gasteiger partial charge on any atom is -0.295 e. The maximum atomic E-state index is 11.0. The maximum Gasteiger partial charge on any atom is 0.155 e. The van der Waals surface area contributed by atoms with Gasteiger partial charge in [-0.15, -0.1) is 0 Å². The van der Waals surface area contributed by atoms with Gasteiger partial charge in [-0.3, -0.25) is 4.79 Å². The first-order valence-corrected chi connectivity index (χ1v) is 6.40. The Morgan fingerprint density at radius 1 is 1.50 bits per heavy atom. The van der Waals surface area contributed by atoms with Crippen molar-refractivity contribution in [2.45, 2.75) is 32.1 Å². The number of carbonyl (C=O) groups excluding carboxylic acids is 1. The van der Waals surface area contributed by atoms with E-state index in [-0.39, 0.29) is 0 Å². The zero-order valence-corrected chi connectivity index (χ0v) is 10.4. The van der Waals surface area contributed by atoms with Crippen LogP contribution in [-0.4, -0.2) is 5.78 Å². The lowest BCUT2D eigenvalue weighted by Gasteiger charge is -2.13. The van der Waals surface area contributed by atoms with Gasteiger partial charge in [0, 0.05) is 6.42 Å². The Hall–Kier alpha value is -0.120. The molecule has 2 aliphatic rings. The summed E-state index contributed by atoms with van der Waals surface area (Å²) in [5, 5.41) is 0. The van der Waals surface area contributed by atoms with Gasteiger partial charge in [0.25, 0.3) is 0 Å². The van der Waals surface area contributed by atoms with Gasteiger partial charge in [0.2, 0.25) is 0 Å². The van der Waals surface area contributed by atoms with E-state index >= 15 is 0 Å². The number of halogens is 1. The van der Waals surface area contributed by atoms with Gasteiger partial charge in [0.1, 0.15) is 0 Å². The minimum atomic E-state index is 0.294. The molecular weight excluding hydrogens is 287 g/mol. The minimum absolute atomic E-state index is 0.294. The monoisotopic (exact) mass is 302 g/mol. The first kappa shape index (κ1) is 10.4. The first-order chi connectivity index (χ1) is 6.75. The summed E-state index contributed by atoms with van der Waals surface area (Å²) in [4.78, 5) is 11.0. The van der Waals surface area contributed by atoms with E-state index in [1.54, 1.807) is 6.08 Å². The quantitative estimate of drug-likeness (QED) is 0.727. The summed E-state index contributed by atoms with van der Waals surface area (Å²) >= 11 is 2.46. The molecule has 0 amide bonds. The number of allylic oxidation sites excluding steroid dienone is 4. The Labute approximate surface area is 98.8 Å². The standard InChI is InChI=1S/C12H15IO/c13-12(10-4-5-10)8-3-9-1-6-11(14)7-2-9/h1,6,8-10H,2-5,7H2/b12-8-. The van der Waals surface area contributed by atoms with Crippen LogP contribution in [0.1, 0.15) is 32.1 Å². The smallest absolute Gasteiger partial charge is 0.155 e. The Bertz CT molecular complexity index is 287. The second-order valence-electron chi connectivity index (χ2n) is 4.22. The highest BCUT2D eigenvalue weighted by Crippen LogP contribution is 2.40. The third kappa shape index (κ3) is 2.94. The molecule has 0 heterocycles. The van der Waals surface area contributed by atoms with Crippen LogP contribution in [0.15, 0.2) is 21.8 Å². The zero-order valence-electron chi connectivity index (χ0n) is 8.21. The molecule has 76 valence electrons. The van der Waals surface area contributed by atoms with Gasteiger partial charge in [0.05, 0.1) is 0 Å². The second kappa shape index (κ2) is 4.60. The number of ketones is 1. The van der Waals surface area contributed by atoms with Crippen LogP contribution in [0.5, 0.6) is 0 Å². The van der Waals surface area contributed by atoms with Crippen molar-refractivity contribution in [1.82, 2.24) is 0 Å². The summed E-state index contributed by atoms with van der Waals surface area (Å²) in [6.45, 7) is 0. The molecule has 14 heavy (non-hydrogen) atoms. The molecule has 0 aromatic carbocycles.